The van der Waals surface area contributed by atoms with Gasteiger partial charge in [0.15, 0.2) is 0 Å². The van der Waals surface area contributed by atoms with Crippen LogP contribution in [-0.4, -0.2) is 68.7 Å². The Bertz CT molecular complexity index is 858. The standard InChI is InChI=1S/C23H35ClN3O7P.C2H6/c1-16(2)33-23(30)13-26-35(34-19-8-7-17(3)21(24)12-19)32-14-20(31-6)11-18(4)27(5)10-9-22(29)25-15-28;1-2/h7-10,12,15-16,18,20,26H,11,13-14H2,1-6H3,(H,25,28,29);1-2H3/b10-9-;. The summed E-state index contributed by atoms with van der Waals surface area (Å²) in [6, 6.07) is 5.27. The van der Waals surface area contributed by atoms with Crippen LogP contribution in [-0.2, 0) is 28.4 Å². The fourth-order valence-electron chi connectivity index (χ4n) is 2.63. The molecule has 0 heterocycles. The third kappa shape index (κ3) is 15.6. The molecular weight excluding hydrogens is 521 g/mol. The molecule has 2 amide bonds. The Morgan fingerprint density at radius 2 is 1.89 bits per heavy atom. The van der Waals surface area contributed by atoms with Crippen molar-refractivity contribution in [1.82, 2.24) is 15.3 Å². The van der Waals surface area contributed by atoms with Crippen molar-refractivity contribution in [3.8, 4) is 5.75 Å². The first-order valence-electron chi connectivity index (χ1n) is 12.0. The summed E-state index contributed by atoms with van der Waals surface area (Å²) < 4.78 is 22.6. The molecule has 0 spiro atoms. The number of benzene rings is 1. The lowest BCUT2D eigenvalue weighted by atomic mass is 10.1. The van der Waals surface area contributed by atoms with Crippen LogP contribution >= 0.6 is 20.1 Å². The first kappa shape index (κ1) is 34.8. The molecule has 0 aliphatic carbocycles. The Hall–Kier alpha value is -2.23. The maximum Gasteiger partial charge on any atom is 0.320 e. The van der Waals surface area contributed by atoms with Gasteiger partial charge >= 0.3 is 14.5 Å². The SMILES string of the molecule is CC.COC(COP(NCC(=O)OC(C)C)Oc1ccc(C)c(Cl)c1)CC(C)N(C)/C=C\C(=O)NC=O. The van der Waals surface area contributed by atoms with E-state index in [-0.39, 0.29) is 31.4 Å². The van der Waals surface area contributed by atoms with E-state index in [1.807, 2.05) is 51.0 Å². The molecule has 3 unspecified atom stereocenters. The van der Waals surface area contributed by atoms with E-state index in [9.17, 15) is 14.4 Å². The number of hydrogen-bond acceptors (Lipinski definition) is 9. The molecule has 0 aliphatic heterocycles. The maximum atomic E-state index is 12.0. The van der Waals surface area contributed by atoms with Crippen molar-refractivity contribution in [3.63, 3.8) is 0 Å². The highest BCUT2D eigenvalue weighted by atomic mass is 35.5. The molecule has 0 bridgehead atoms. The first-order chi connectivity index (χ1) is 17.5. The number of hydrogen-bond donors (Lipinski definition) is 2. The van der Waals surface area contributed by atoms with Gasteiger partial charge in [-0.2, -0.15) is 0 Å². The number of nitrogens with one attached hydrogen (secondary N) is 2. The van der Waals surface area contributed by atoms with Gasteiger partial charge in [-0.1, -0.05) is 31.5 Å². The number of ether oxygens (including phenoxy) is 2. The Kier molecular flexibility index (Phi) is 18.6. The third-order valence-corrected chi connectivity index (χ3v) is 6.31. The van der Waals surface area contributed by atoms with E-state index in [1.165, 1.54) is 6.08 Å². The molecule has 0 fully saturated rings. The van der Waals surface area contributed by atoms with Gasteiger partial charge in [0.25, 0.3) is 5.91 Å². The van der Waals surface area contributed by atoms with Crippen molar-refractivity contribution >= 4 is 38.4 Å². The summed E-state index contributed by atoms with van der Waals surface area (Å²) in [6.45, 7) is 11.5. The minimum Gasteiger partial charge on any atom is -0.462 e. The molecule has 10 nitrogen and oxygen atoms in total. The van der Waals surface area contributed by atoms with Crippen molar-refractivity contribution in [1.29, 1.82) is 0 Å². The molecule has 0 aromatic heterocycles. The van der Waals surface area contributed by atoms with Crippen molar-refractivity contribution < 1.29 is 32.9 Å². The van der Waals surface area contributed by atoms with Gasteiger partial charge in [-0.15, -0.1) is 0 Å². The second-order valence-electron chi connectivity index (χ2n) is 7.98. The second-order valence-corrected chi connectivity index (χ2v) is 9.66. The summed E-state index contributed by atoms with van der Waals surface area (Å²) in [5.41, 5.74) is 0.910. The molecule has 2 N–H and O–H groups in total. The molecule has 37 heavy (non-hydrogen) atoms. The number of carbonyl (C=O) groups is 3. The summed E-state index contributed by atoms with van der Waals surface area (Å²) >= 11 is 6.20. The van der Waals surface area contributed by atoms with E-state index in [0.29, 0.717) is 23.6 Å². The van der Waals surface area contributed by atoms with Crippen LogP contribution in [0.1, 0.15) is 46.6 Å². The van der Waals surface area contributed by atoms with Crippen LogP contribution in [0.2, 0.25) is 5.02 Å². The lowest BCUT2D eigenvalue weighted by Gasteiger charge is -2.27. The predicted molar refractivity (Wildman–Crippen MR) is 146 cm³/mol. The van der Waals surface area contributed by atoms with Crippen LogP contribution in [0.4, 0.5) is 0 Å². The largest absolute Gasteiger partial charge is 0.462 e. The lowest BCUT2D eigenvalue weighted by Crippen LogP contribution is -2.32. The highest BCUT2D eigenvalue weighted by Gasteiger charge is 2.21. The average Bonchev–Trinajstić information content (AvgIpc) is 2.86. The summed E-state index contributed by atoms with van der Waals surface area (Å²) in [5.74, 6) is -0.436. The second kappa shape index (κ2) is 19.8. The number of amides is 2. The van der Waals surface area contributed by atoms with E-state index in [4.69, 9.17) is 30.1 Å². The molecule has 210 valence electrons. The Balaban J connectivity index is 0.00000631. The van der Waals surface area contributed by atoms with Crippen LogP contribution in [0.25, 0.3) is 0 Å². The highest BCUT2D eigenvalue weighted by Crippen LogP contribution is 2.37. The van der Waals surface area contributed by atoms with Crippen molar-refractivity contribution in [2.45, 2.75) is 66.2 Å². The molecule has 0 saturated carbocycles. The smallest absolute Gasteiger partial charge is 0.320 e. The van der Waals surface area contributed by atoms with Crippen LogP contribution in [0.5, 0.6) is 5.75 Å². The van der Waals surface area contributed by atoms with E-state index >= 15 is 0 Å². The lowest BCUT2D eigenvalue weighted by molar-refractivity contribution is -0.145. The summed E-state index contributed by atoms with van der Waals surface area (Å²) in [4.78, 5) is 35.6. The average molecular weight is 562 g/mol. The fraction of sp³-hybridized carbons (Fsp3) is 0.560. The molecule has 0 radical (unpaired) electrons. The van der Waals surface area contributed by atoms with Gasteiger partial charge in [0, 0.05) is 37.5 Å². The van der Waals surface area contributed by atoms with Crippen LogP contribution in [0, 0.1) is 6.92 Å². The van der Waals surface area contributed by atoms with Crippen LogP contribution in [0.15, 0.2) is 30.5 Å². The number of halogens is 1. The molecule has 1 aromatic rings. The van der Waals surface area contributed by atoms with Gasteiger partial charge in [0.2, 0.25) is 6.41 Å². The van der Waals surface area contributed by atoms with Gasteiger partial charge in [-0.3, -0.25) is 19.7 Å². The molecular formula is C25H41ClN3O7P. The number of methoxy groups -OCH3 is 1. The van der Waals surface area contributed by atoms with Gasteiger partial charge in [-0.25, -0.2) is 5.09 Å². The van der Waals surface area contributed by atoms with E-state index < -0.39 is 20.4 Å². The van der Waals surface area contributed by atoms with E-state index in [2.05, 4.69) is 5.09 Å². The van der Waals surface area contributed by atoms with Gasteiger partial charge in [0.05, 0.1) is 18.8 Å². The molecule has 12 heteroatoms. The van der Waals surface area contributed by atoms with Crippen molar-refractivity contribution in [3.05, 3.63) is 41.1 Å². The van der Waals surface area contributed by atoms with Gasteiger partial charge in [0.1, 0.15) is 12.3 Å². The number of imide groups is 1. The minimum atomic E-state index is -1.72. The first-order valence-corrected chi connectivity index (χ1v) is 13.6. The predicted octanol–water partition coefficient (Wildman–Crippen LogP) is 4.35. The van der Waals surface area contributed by atoms with Gasteiger partial charge in [-0.05, 0) is 51.8 Å². The zero-order valence-electron chi connectivity index (χ0n) is 22.9. The minimum absolute atomic E-state index is 0.0131. The Morgan fingerprint density at radius 1 is 1.22 bits per heavy atom. The number of esters is 1. The Labute approximate surface area is 227 Å². The van der Waals surface area contributed by atoms with Gasteiger partial charge < -0.3 is 23.4 Å². The zero-order chi connectivity index (χ0) is 28.4. The number of carbonyl (C=O) groups excluding carboxylic acids is 3. The third-order valence-electron chi connectivity index (χ3n) is 4.72. The number of rotatable bonds is 16. The monoisotopic (exact) mass is 561 g/mol. The number of nitrogens with zero attached hydrogens (tertiary/aromatic N) is 1. The maximum absolute atomic E-state index is 12.0. The van der Waals surface area contributed by atoms with Crippen LogP contribution < -0.4 is 14.9 Å². The van der Waals surface area contributed by atoms with Crippen molar-refractivity contribution in [2.75, 3.05) is 27.3 Å². The number of aryl methyl sites for hydroxylation is 1. The summed E-state index contributed by atoms with van der Waals surface area (Å²) in [6.07, 6.45) is 3.21. The fourth-order valence-corrected chi connectivity index (χ4v) is 3.88. The molecule has 1 rings (SSSR count). The zero-order valence-corrected chi connectivity index (χ0v) is 24.6. The summed E-state index contributed by atoms with van der Waals surface area (Å²) in [5, 5.41) is 5.56. The van der Waals surface area contributed by atoms with E-state index in [1.54, 1.807) is 39.3 Å². The molecule has 3 atom stereocenters. The van der Waals surface area contributed by atoms with Crippen LogP contribution in [0.3, 0.4) is 0 Å². The topological polar surface area (TPSA) is 115 Å². The normalized spacial score (nSPS) is 13.2. The highest BCUT2D eigenvalue weighted by molar-refractivity contribution is 7.45. The molecule has 1 aromatic carbocycles. The van der Waals surface area contributed by atoms with E-state index in [0.717, 1.165) is 5.56 Å². The summed E-state index contributed by atoms with van der Waals surface area (Å²) in [7, 11) is 1.66. The Morgan fingerprint density at radius 3 is 2.46 bits per heavy atom. The molecule has 0 saturated heterocycles. The molecule has 0 aliphatic rings. The quantitative estimate of drug-likeness (QED) is 0.131. The van der Waals surface area contributed by atoms with Crippen molar-refractivity contribution in [2.24, 2.45) is 0 Å².